The lowest BCUT2D eigenvalue weighted by molar-refractivity contribution is -0.137. The summed E-state index contributed by atoms with van der Waals surface area (Å²) < 4.78 is 5.61. The van der Waals surface area contributed by atoms with Crippen LogP contribution in [-0.2, 0) is 16.1 Å². The second-order valence-electron chi connectivity index (χ2n) is 6.37. The molecule has 0 spiro atoms. The maximum Gasteiger partial charge on any atom is 0.248 e. The molecule has 0 aliphatic carbocycles. The SMILES string of the molecule is O=C(COCc1ccccc1)N1CCCC1CN1CCCC1. The van der Waals surface area contributed by atoms with Gasteiger partial charge in [-0.15, -0.1) is 0 Å². The Morgan fingerprint density at radius 3 is 2.64 bits per heavy atom. The third kappa shape index (κ3) is 4.08. The lowest BCUT2D eigenvalue weighted by Gasteiger charge is -2.28. The molecular formula is C18H26N2O2. The van der Waals surface area contributed by atoms with Gasteiger partial charge in [0.2, 0.25) is 5.91 Å². The van der Waals surface area contributed by atoms with Gasteiger partial charge in [-0.1, -0.05) is 30.3 Å². The predicted molar refractivity (Wildman–Crippen MR) is 86.5 cm³/mol. The fourth-order valence-corrected chi connectivity index (χ4v) is 3.53. The molecule has 1 amide bonds. The average Bonchev–Trinajstić information content (AvgIpc) is 3.20. The second kappa shape index (κ2) is 7.75. The molecule has 120 valence electrons. The standard InChI is InChI=1S/C18H26N2O2/c21-18(15-22-14-16-7-2-1-3-8-16)20-12-6-9-17(20)13-19-10-4-5-11-19/h1-3,7-8,17H,4-6,9-15H2. The first-order valence-corrected chi connectivity index (χ1v) is 8.46. The predicted octanol–water partition coefficient (Wildman–Crippen LogP) is 2.29. The van der Waals surface area contributed by atoms with Crippen LogP contribution in [0.4, 0.5) is 0 Å². The summed E-state index contributed by atoms with van der Waals surface area (Å²) in [6, 6.07) is 10.4. The van der Waals surface area contributed by atoms with Gasteiger partial charge in [0.05, 0.1) is 6.61 Å². The zero-order chi connectivity index (χ0) is 15.2. The quantitative estimate of drug-likeness (QED) is 0.808. The van der Waals surface area contributed by atoms with Crippen molar-refractivity contribution in [2.24, 2.45) is 0 Å². The minimum absolute atomic E-state index is 0.151. The highest BCUT2D eigenvalue weighted by molar-refractivity contribution is 5.78. The Bertz CT molecular complexity index is 471. The van der Waals surface area contributed by atoms with E-state index in [2.05, 4.69) is 4.90 Å². The van der Waals surface area contributed by atoms with Crippen LogP contribution in [0.5, 0.6) is 0 Å². The second-order valence-corrected chi connectivity index (χ2v) is 6.37. The number of amides is 1. The van der Waals surface area contributed by atoms with Crippen molar-refractivity contribution in [3.8, 4) is 0 Å². The summed E-state index contributed by atoms with van der Waals surface area (Å²) >= 11 is 0. The van der Waals surface area contributed by atoms with Crippen molar-refractivity contribution in [1.82, 2.24) is 9.80 Å². The fraction of sp³-hybridized carbons (Fsp3) is 0.611. The topological polar surface area (TPSA) is 32.8 Å². The Kier molecular flexibility index (Phi) is 5.46. The smallest absolute Gasteiger partial charge is 0.248 e. The van der Waals surface area contributed by atoms with E-state index in [1.54, 1.807) is 0 Å². The highest BCUT2D eigenvalue weighted by Gasteiger charge is 2.30. The number of rotatable bonds is 6. The molecule has 1 unspecified atom stereocenters. The van der Waals surface area contributed by atoms with E-state index in [4.69, 9.17) is 4.74 Å². The number of carbonyl (C=O) groups is 1. The fourth-order valence-electron chi connectivity index (χ4n) is 3.53. The van der Waals surface area contributed by atoms with Gasteiger partial charge in [0.1, 0.15) is 6.61 Å². The molecular weight excluding hydrogens is 276 g/mol. The van der Waals surface area contributed by atoms with E-state index >= 15 is 0 Å². The van der Waals surface area contributed by atoms with Crippen molar-refractivity contribution in [1.29, 1.82) is 0 Å². The van der Waals surface area contributed by atoms with Gasteiger partial charge in [0.15, 0.2) is 0 Å². The van der Waals surface area contributed by atoms with Gasteiger partial charge in [-0.25, -0.2) is 0 Å². The molecule has 2 fully saturated rings. The van der Waals surface area contributed by atoms with Crippen LogP contribution in [0.25, 0.3) is 0 Å². The first-order valence-electron chi connectivity index (χ1n) is 8.46. The molecule has 1 aromatic carbocycles. The van der Waals surface area contributed by atoms with Gasteiger partial charge < -0.3 is 14.5 Å². The van der Waals surface area contributed by atoms with E-state index in [1.165, 1.54) is 25.9 Å². The maximum atomic E-state index is 12.4. The van der Waals surface area contributed by atoms with Crippen LogP contribution >= 0.6 is 0 Å². The highest BCUT2D eigenvalue weighted by atomic mass is 16.5. The molecule has 1 aromatic rings. The largest absolute Gasteiger partial charge is 0.367 e. The molecule has 22 heavy (non-hydrogen) atoms. The van der Waals surface area contributed by atoms with Gasteiger partial charge >= 0.3 is 0 Å². The molecule has 4 nitrogen and oxygen atoms in total. The van der Waals surface area contributed by atoms with Crippen LogP contribution in [-0.4, -0.2) is 54.5 Å². The minimum Gasteiger partial charge on any atom is -0.367 e. The Labute approximate surface area is 133 Å². The van der Waals surface area contributed by atoms with E-state index in [0.717, 1.165) is 31.5 Å². The Morgan fingerprint density at radius 1 is 1.09 bits per heavy atom. The lowest BCUT2D eigenvalue weighted by atomic mass is 10.2. The molecule has 2 heterocycles. The van der Waals surface area contributed by atoms with E-state index < -0.39 is 0 Å². The summed E-state index contributed by atoms with van der Waals surface area (Å²) in [5.74, 6) is 0.151. The number of carbonyl (C=O) groups excluding carboxylic acids is 1. The third-order valence-electron chi connectivity index (χ3n) is 4.70. The first kappa shape index (κ1) is 15.5. The number of ether oxygens (including phenoxy) is 1. The normalized spacial score (nSPS) is 22.4. The molecule has 2 aliphatic rings. The van der Waals surface area contributed by atoms with Crippen molar-refractivity contribution in [2.45, 2.75) is 38.3 Å². The van der Waals surface area contributed by atoms with Crippen LogP contribution in [0.2, 0.25) is 0 Å². The Morgan fingerprint density at radius 2 is 1.86 bits per heavy atom. The molecule has 0 N–H and O–H groups in total. The Hall–Kier alpha value is -1.39. The third-order valence-corrected chi connectivity index (χ3v) is 4.70. The Balaban J connectivity index is 1.44. The summed E-state index contributed by atoms with van der Waals surface area (Å²) in [5, 5.41) is 0. The molecule has 2 saturated heterocycles. The molecule has 0 aromatic heterocycles. The van der Waals surface area contributed by atoms with E-state index in [-0.39, 0.29) is 12.5 Å². The number of nitrogens with zero attached hydrogens (tertiary/aromatic N) is 2. The van der Waals surface area contributed by atoms with Crippen molar-refractivity contribution in [3.05, 3.63) is 35.9 Å². The van der Waals surface area contributed by atoms with Crippen molar-refractivity contribution in [3.63, 3.8) is 0 Å². The molecule has 3 rings (SSSR count). The molecule has 0 radical (unpaired) electrons. The van der Waals surface area contributed by atoms with E-state index in [9.17, 15) is 4.79 Å². The molecule has 0 bridgehead atoms. The summed E-state index contributed by atoms with van der Waals surface area (Å²) in [5.41, 5.74) is 1.12. The first-order chi connectivity index (χ1) is 10.8. The molecule has 2 aliphatic heterocycles. The number of likely N-dealkylation sites (tertiary alicyclic amines) is 2. The summed E-state index contributed by atoms with van der Waals surface area (Å²) in [6.45, 7) is 5.05. The zero-order valence-electron chi connectivity index (χ0n) is 13.2. The van der Waals surface area contributed by atoms with Crippen LogP contribution in [0, 0.1) is 0 Å². The minimum atomic E-state index is 0.151. The van der Waals surface area contributed by atoms with Gasteiger partial charge in [-0.3, -0.25) is 4.79 Å². The van der Waals surface area contributed by atoms with Crippen LogP contribution in [0.3, 0.4) is 0 Å². The summed E-state index contributed by atoms with van der Waals surface area (Å²) in [7, 11) is 0. The van der Waals surface area contributed by atoms with Gasteiger partial charge in [0.25, 0.3) is 0 Å². The molecule has 0 saturated carbocycles. The van der Waals surface area contributed by atoms with Gasteiger partial charge in [0, 0.05) is 19.1 Å². The van der Waals surface area contributed by atoms with Crippen LogP contribution in [0.15, 0.2) is 30.3 Å². The van der Waals surface area contributed by atoms with E-state index in [0.29, 0.717) is 12.6 Å². The van der Waals surface area contributed by atoms with Crippen molar-refractivity contribution >= 4 is 5.91 Å². The van der Waals surface area contributed by atoms with Gasteiger partial charge in [-0.05, 0) is 44.3 Å². The number of benzene rings is 1. The highest BCUT2D eigenvalue weighted by Crippen LogP contribution is 2.20. The van der Waals surface area contributed by atoms with Crippen LogP contribution in [0.1, 0.15) is 31.2 Å². The molecule has 4 heteroatoms. The molecule has 1 atom stereocenters. The van der Waals surface area contributed by atoms with Crippen molar-refractivity contribution in [2.75, 3.05) is 32.8 Å². The zero-order valence-corrected chi connectivity index (χ0v) is 13.2. The van der Waals surface area contributed by atoms with Crippen molar-refractivity contribution < 1.29 is 9.53 Å². The van der Waals surface area contributed by atoms with Gasteiger partial charge in [-0.2, -0.15) is 0 Å². The monoisotopic (exact) mass is 302 g/mol. The summed E-state index contributed by atoms with van der Waals surface area (Å²) in [6.07, 6.45) is 4.88. The lowest BCUT2D eigenvalue weighted by Crippen LogP contribution is -2.43. The van der Waals surface area contributed by atoms with E-state index in [1.807, 2.05) is 35.2 Å². The number of hydrogen-bond acceptors (Lipinski definition) is 3. The maximum absolute atomic E-state index is 12.4. The van der Waals surface area contributed by atoms with Crippen LogP contribution < -0.4 is 0 Å². The number of hydrogen-bond donors (Lipinski definition) is 0. The summed E-state index contributed by atoms with van der Waals surface area (Å²) in [4.78, 5) is 16.9. The average molecular weight is 302 g/mol.